The predicted octanol–water partition coefficient (Wildman–Crippen LogP) is 2.92. The summed E-state index contributed by atoms with van der Waals surface area (Å²) in [5, 5.41) is 0.815. The van der Waals surface area contributed by atoms with Crippen LogP contribution in [0.3, 0.4) is 0 Å². The fourth-order valence-corrected chi connectivity index (χ4v) is 1.20. The zero-order valence-corrected chi connectivity index (χ0v) is 6.65. The molecule has 0 fully saturated rings. The Morgan fingerprint density at radius 2 is 2.22 bits per heavy atom. The number of allylic oxidation sites excluding steroid dienone is 4. The van der Waals surface area contributed by atoms with Gasteiger partial charge in [0.1, 0.15) is 0 Å². The molecule has 0 radical (unpaired) electrons. The van der Waals surface area contributed by atoms with Crippen molar-refractivity contribution in [2.75, 3.05) is 0 Å². The Kier molecular flexibility index (Phi) is 2.20. The first-order chi connectivity index (χ1) is 4.20. The van der Waals surface area contributed by atoms with Crippen LogP contribution in [0, 0.1) is 5.92 Å². The van der Waals surface area contributed by atoms with Gasteiger partial charge in [-0.15, -0.1) is 11.6 Å². The summed E-state index contributed by atoms with van der Waals surface area (Å²) in [6.07, 6.45) is 5.75. The maximum absolute atomic E-state index is 5.85. The van der Waals surface area contributed by atoms with E-state index in [2.05, 4.69) is 6.92 Å². The number of halogens is 2. The molecular formula is C7H8Cl2. The zero-order chi connectivity index (χ0) is 6.85. The summed E-state index contributed by atoms with van der Waals surface area (Å²) >= 11 is 11.5. The predicted molar refractivity (Wildman–Crippen MR) is 41.9 cm³/mol. The van der Waals surface area contributed by atoms with Crippen LogP contribution in [0.15, 0.2) is 23.3 Å². The van der Waals surface area contributed by atoms with E-state index in [1.165, 1.54) is 0 Å². The van der Waals surface area contributed by atoms with Crippen LogP contribution < -0.4 is 0 Å². The topological polar surface area (TPSA) is 0 Å². The average molecular weight is 163 g/mol. The Morgan fingerprint density at radius 1 is 1.56 bits per heavy atom. The first-order valence-corrected chi connectivity index (χ1v) is 3.71. The van der Waals surface area contributed by atoms with E-state index in [1.54, 1.807) is 0 Å². The minimum Gasteiger partial charge on any atom is -0.118 e. The highest BCUT2D eigenvalue weighted by atomic mass is 35.5. The molecule has 0 nitrogen and oxygen atoms in total. The summed E-state index contributed by atoms with van der Waals surface area (Å²) in [6, 6.07) is 0. The van der Waals surface area contributed by atoms with Gasteiger partial charge in [-0.25, -0.2) is 0 Å². The van der Waals surface area contributed by atoms with E-state index in [1.807, 2.05) is 18.2 Å². The first-order valence-electron chi connectivity index (χ1n) is 2.90. The zero-order valence-electron chi connectivity index (χ0n) is 5.14. The SMILES string of the molecule is C[C@@H]1C=CC(Cl)=C[C@H]1Cl. The normalized spacial score (nSPS) is 34.3. The van der Waals surface area contributed by atoms with E-state index in [9.17, 15) is 0 Å². The molecule has 0 amide bonds. The summed E-state index contributed by atoms with van der Waals surface area (Å²) in [5.74, 6) is 0.411. The van der Waals surface area contributed by atoms with Gasteiger partial charge in [0.25, 0.3) is 0 Å². The fraction of sp³-hybridized carbons (Fsp3) is 0.429. The molecule has 2 atom stereocenters. The lowest BCUT2D eigenvalue weighted by Gasteiger charge is -2.13. The molecule has 2 heteroatoms. The molecule has 1 aliphatic rings. The summed E-state index contributed by atoms with van der Waals surface area (Å²) in [5.41, 5.74) is 0. The lowest BCUT2D eigenvalue weighted by atomic mass is 10.0. The highest BCUT2D eigenvalue weighted by molar-refractivity contribution is 6.32. The Hall–Kier alpha value is 0.0600. The van der Waals surface area contributed by atoms with E-state index in [4.69, 9.17) is 23.2 Å². The Morgan fingerprint density at radius 3 is 2.67 bits per heavy atom. The molecule has 1 aliphatic carbocycles. The van der Waals surface area contributed by atoms with Crippen LogP contribution in [-0.2, 0) is 0 Å². The molecule has 0 N–H and O–H groups in total. The molecule has 0 saturated carbocycles. The van der Waals surface area contributed by atoms with Crippen LogP contribution in [0.2, 0.25) is 0 Å². The molecular weight excluding hydrogens is 155 g/mol. The maximum Gasteiger partial charge on any atom is 0.0593 e. The second-order valence-corrected chi connectivity index (χ2v) is 3.15. The summed E-state index contributed by atoms with van der Waals surface area (Å²) in [4.78, 5) is 0. The van der Waals surface area contributed by atoms with Gasteiger partial charge in [0.15, 0.2) is 0 Å². The van der Waals surface area contributed by atoms with E-state index in [-0.39, 0.29) is 5.38 Å². The quantitative estimate of drug-likeness (QED) is 0.481. The summed E-state index contributed by atoms with van der Waals surface area (Å²) in [6.45, 7) is 2.06. The van der Waals surface area contributed by atoms with E-state index < -0.39 is 0 Å². The van der Waals surface area contributed by atoms with Crippen molar-refractivity contribution in [3.63, 3.8) is 0 Å². The van der Waals surface area contributed by atoms with Crippen LogP contribution in [0.5, 0.6) is 0 Å². The molecule has 0 spiro atoms. The standard InChI is InChI=1S/C7H8Cl2/c1-5-2-3-6(8)4-7(5)9/h2-5,7H,1H3/t5-,7-/m1/s1. The fourth-order valence-electron chi connectivity index (χ4n) is 0.709. The lowest BCUT2D eigenvalue weighted by molar-refractivity contribution is 0.743. The van der Waals surface area contributed by atoms with Crippen molar-refractivity contribution in [1.29, 1.82) is 0 Å². The molecule has 0 aromatic heterocycles. The minimum absolute atomic E-state index is 0.0718. The van der Waals surface area contributed by atoms with Gasteiger partial charge in [0.05, 0.1) is 5.38 Å². The Labute approximate surface area is 65.2 Å². The van der Waals surface area contributed by atoms with Crippen molar-refractivity contribution in [2.24, 2.45) is 5.92 Å². The Bertz CT molecular complexity index is 158. The van der Waals surface area contributed by atoms with Crippen LogP contribution >= 0.6 is 23.2 Å². The highest BCUT2D eigenvalue weighted by Gasteiger charge is 2.12. The van der Waals surface area contributed by atoms with Gasteiger partial charge in [-0.05, 0) is 18.1 Å². The molecule has 0 heterocycles. The molecule has 0 bridgehead atoms. The van der Waals surface area contributed by atoms with Crippen LogP contribution in [0.4, 0.5) is 0 Å². The van der Waals surface area contributed by atoms with Gasteiger partial charge in [-0.1, -0.05) is 24.6 Å². The van der Waals surface area contributed by atoms with Crippen molar-refractivity contribution in [2.45, 2.75) is 12.3 Å². The molecule has 0 aliphatic heterocycles. The molecule has 0 unspecified atom stereocenters. The third kappa shape index (κ3) is 1.74. The van der Waals surface area contributed by atoms with E-state index in [0.29, 0.717) is 5.92 Å². The summed E-state index contributed by atoms with van der Waals surface area (Å²) in [7, 11) is 0. The van der Waals surface area contributed by atoms with Crippen molar-refractivity contribution in [1.82, 2.24) is 0 Å². The van der Waals surface area contributed by atoms with Crippen molar-refractivity contribution in [3.05, 3.63) is 23.3 Å². The molecule has 1 rings (SSSR count). The number of rotatable bonds is 0. The molecule has 9 heavy (non-hydrogen) atoms. The Balaban J connectivity index is 2.70. The molecule has 0 aromatic rings. The van der Waals surface area contributed by atoms with Gasteiger partial charge in [0.2, 0.25) is 0 Å². The number of alkyl halides is 1. The van der Waals surface area contributed by atoms with Crippen molar-refractivity contribution < 1.29 is 0 Å². The third-order valence-electron chi connectivity index (χ3n) is 1.38. The maximum atomic E-state index is 5.85. The van der Waals surface area contributed by atoms with Gasteiger partial charge in [-0.3, -0.25) is 0 Å². The lowest BCUT2D eigenvalue weighted by Crippen LogP contribution is -2.08. The summed E-state index contributed by atoms with van der Waals surface area (Å²) < 4.78 is 0. The van der Waals surface area contributed by atoms with Crippen LogP contribution in [0.1, 0.15) is 6.92 Å². The number of hydrogen-bond acceptors (Lipinski definition) is 0. The van der Waals surface area contributed by atoms with Crippen molar-refractivity contribution >= 4 is 23.2 Å². The highest BCUT2D eigenvalue weighted by Crippen LogP contribution is 2.22. The van der Waals surface area contributed by atoms with Crippen LogP contribution in [0.25, 0.3) is 0 Å². The smallest absolute Gasteiger partial charge is 0.0593 e. The monoisotopic (exact) mass is 162 g/mol. The molecule has 0 aromatic carbocycles. The van der Waals surface area contributed by atoms with Gasteiger partial charge in [-0.2, -0.15) is 0 Å². The first kappa shape index (κ1) is 7.17. The van der Waals surface area contributed by atoms with Gasteiger partial charge in [0, 0.05) is 5.03 Å². The van der Waals surface area contributed by atoms with Gasteiger partial charge < -0.3 is 0 Å². The van der Waals surface area contributed by atoms with E-state index >= 15 is 0 Å². The second-order valence-electron chi connectivity index (χ2n) is 2.21. The third-order valence-corrected chi connectivity index (χ3v) is 2.16. The minimum atomic E-state index is 0.0718. The molecule has 0 saturated heterocycles. The second kappa shape index (κ2) is 2.76. The molecule has 50 valence electrons. The largest absolute Gasteiger partial charge is 0.118 e. The average Bonchev–Trinajstić information content (AvgIpc) is 1.80. The number of hydrogen-bond donors (Lipinski definition) is 0. The van der Waals surface area contributed by atoms with Gasteiger partial charge >= 0.3 is 0 Å². The van der Waals surface area contributed by atoms with Crippen molar-refractivity contribution in [3.8, 4) is 0 Å². The van der Waals surface area contributed by atoms with Crippen LogP contribution in [-0.4, -0.2) is 5.38 Å². The van der Waals surface area contributed by atoms with E-state index in [0.717, 1.165) is 5.03 Å².